The summed E-state index contributed by atoms with van der Waals surface area (Å²) in [7, 11) is 0. The number of alkyl halides is 1. The Kier molecular flexibility index (Phi) is 5.24. The van der Waals surface area contributed by atoms with E-state index < -0.39 is 12.1 Å². The summed E-state index contributed by atoms with van der Waals surface area (Å²) in [6, 6.07) is 15.5. The van der Waals surface area contributed by atoms with Gasteiger partial charge < -0.3 is 15.4 Å². The van der Waals surface area contributed by atoms with Crippen molar-refractivity contribution in [1.29, 1.82) is 0 Å². The SMILES string of the molecule is C[C@H](NC(=O)OCC1c2ccccc2-c2ccccc21)C(=O)NCCl. The molecule has 6 heteroatoms. The molecule has 5 nitrogen and oxygen atoms in total. The normalized spacial score (nSPS) is 13.5. The number of carbonyl (C=O) groups excluding carboxylic acids is 2. The van der Waals surface area contributed by atoms with Gasteiger partial charge >= 0.3 is 6.09 Å². The maximum Gasteiger partial charge on any atom is 0.407 e. The largest absolute Gasteiger partial charge is 0.449 e. The zero-order chi connectivity index (χ0) is 17.8. The van der Waals surface area contributed by atoms with Crippen LogP contribution in [-0.2, 0) is 9.53 Å². The van der Waals surface area contributed by atoms with E-state index in [9.17, 15) is 9.59 Å². The van der Waals surface area contributed by atoms with Crippen molar-refractivity contribution in [2.24, 2.45) is 0 Å². The minimum atomic E-state index is -0.714. The van der Waals surface area contributed by atoms with E-state index in [0.29, 0.717) is 0 Å². The lowest BCUT2D eigenvalue weighted by Crippen LogP contribution is -2.44. The summed E-state index contributed by atoms with van der Waals surface area (Å²) in [6.45, 7) is 1.78. The highest BCUT2D eigenvalue weighted by atomic mass is 35.5. The Morgan fingerprint density at radius 2 is 1.64 bits per heavy atom. The van der Waals surface area contributed by atoms with E-state index in [1.807, 2.05) is 24.3 Å². The van der Waals surface area contributed by atoms with Crippen LogP contribution >= 0.6 is 11.6 Å². The van der Waals surface area contributed by atoms with Crippen LogP contribution in [0.3, 0.4) is 0 Å². The molecule has 0 spiro atoms. The molecule has 0 aromatic heterocycles. The minimum absolute atomic E-state index is 0.00442. The van der Waals surface area contributed by atoms with Crippen LogP contribution in [0.5, 0.6) is 0 Å². The van der Waals surface area contributed by atoms with Gasteiger partial charge in [0.2, 0.25) is 5.91 Å². The second-order valence-corrected chi connectivity index (χ2v) is 6.13. The molecule has 1 atom stereocenters. The van der Waals surface area contributed by atoms with Crippen LogP contribution in [0.2, 0.25) is 0 Å². The maximum atomic E-state index is 12.0. The second kappa shape index (κ2) is 7.57. The monoisotopic (exact) mass is 358 g/mol. The Bertz CT molecular complexity index is 748. The minimum Gasteiger partial charge on any atom is -0.449 e. The summed E-state index contributed by atoms with van der Waals surface area (Å²) in [4.78, 5) is 23.6. The first-order valence-electron chi connectivity index (χ1n) is 8.07. The van der Waals surface area contributed by atoms with Gasteiger partial charge in [0.05, 0.1) is 6.00 Å². The standard InChI is InChI=1S/C19H19ClN2O3/c1-12(18(23)21-11-20)22-19(24)25-10-17-15-8-4-2-6-13(15)14-7-3-5-9-16(14)17/h2-9,12,17H,10-11H2,1H3,(H,21,23)(H,22,24)/t12-/m0/s1. The van der Waals surface area contributed by atoms with Gasteiger partial charge in [-0.1, -0.05) is 48.5 Å². The lowest BCUT2D eigenvalue weighted by molar-refractivity contribution is -0.122. The van der Waals surface area contributed by atoms with Gasteiger partial charge in [-0.05, 0) is 29.2 Å². The molecule has 0 bridgehead atoms. The first-order valence-corrected chi connectivity index (χ1v) is 8.60. The molecule has 0 saturated heterocycles. The number of ether oxygens (including phenoxy) is 1. The zero-order valence-electron chi connectivity index (χ0n) is 13.8. The molecule has 2 amide bonds. The van der Waals surface area contributed by atoms with Crippen molar-refractivity contribution >= 4 is 23.6 Å². The fourth-order valence-corrected chi connectivity index (χ4v) is 3.23. The van der Waals surface area contributed by atoms with Crippen LogP contribution in [0, 0.1) is 0 Å². The number of hydrogen-bond acceptors (Lipinski definition) is 3. The third kappa shape index (κ3) is 3.61. The second-order valence-electron chi connectivity index (χ2n) is 5.87. The average molecular weight is 359 g/mol. The molecule has 25 heavy (non-hydrogen) atoms. The van der Waals surface area contributed by atoms with E-state index in [4.69, 9.17) is 16.3 Å². The summed E-state index contributed by atoms with van der Waals surface area (Å²) >= 11 is 5.44. The summed E-state index contributed by atoms with van der Waals surface area (Å²) in [5, 5.41) is 4.93. The van der Waals surface area contributed by atoms with Crippen molar-refractivity contribution in [3.63, 3.8) is 0 Å². The fourth-order valence-electron chi connectivity index (χ4n) is 3.10. The van der Waals surface area contributed by atoms with Crippen molar-refractivity contribution in [3.8, 4) is 11.1 Å². The number of benzene rings is 2. The van der Waals surface area contributed by atoms with E-state index in [0.717, 1.165) is 11.1 Å². The number of nitrogens with one attached hydrogen (secondary N) is 2. The van der Waals surface area contributed by atoms with Gasteiger partial charge in [0.1, 0.15) is 12.6 Å². The Labute approximate surface area is 151 Å². The lowest BCUT2D eigenvalue weighted by atomic mass is 9.98. The summed E-state index contributed by atoms with van der Waals surface area (Å²) < 4.78 is 5.38. The van der Waals surface area contributed by atoms with E-state index in [1.165, 1.54) is 11.1 Å². The molecule has 2 aromatic rings. The Balaban J connectivity index is 1.67. The number of fused-ring (bicyclic) bond motifs is 3. The molecular formula is C19H19ClN2O3. The topological polar surface area (TPSA) is 67.4 Å². The van der Waals surface area contributed by atoms with E-state index in [2.05, 4.69) is 34.9 Å². The molecule has 0 fully saturated rings. The van der Waals surface area contributed by atoms with Crippen molar-refractivity contribution in [2.45, 2.75) is 18.9 Å². The predicted molar refractivity (Wildman–Crippen MR) is 96.5 cm³/mol. The first kappa shape index (κ1) is 17.3. The van der Waals surface area contributed by atoms with Crippen molar-refractivity contribution in [3.05, 3.63) is 59.7 Å². The van der Waals surface area contributed by atoms with Crippen LogP contribution in [0.4, 0.5) is 4.79 Å². The molecular weight excluding hydrogens is 340 g/mol. The predicted octanol–water partition coefficient (Wildman–Crippen LogP) is 3.23. The molecule has 1 aliphatic carbocycles. The molecule has 0 radical (unpaired) electrons. The molecule has 0 aliphatic heterocycles. The van der Waals surface area contributed by atoms with Crippen LogP contribution in [0.15, 0.2) is 48.5 Å². The van der Waals surface area contributed by atoms with E-state index in [-0.39, 0.29) is 24.4 Å². The maximum absolute atomic E-state index is 12.0. The summed E-state index contributed by atoms with van der Waals surface area (Å²) in [5.74, 6) is -0.367. The van der Waals surface area contributed by atoms with Gasteiger partial charge in [0, 0.05) is 5.92 Å². The van der Waals surface area contributed by atoms with Gasteiger partial charge in [-0.2, -0.15) is 0 Å². The smallest absolute Gasteiger partial charge is 0.407 e. The summed E-state index contributed by atoms with van der Waals surface area (Å²) in [6.07, 6.45) is -0.626. The summed E-state index contributed by atoms with van der Waals surface area (Å²) in [5.41, 5.74) is 4.62. The number of alkyl carbamates (subject to hydrolysis) is 1. The van der Waals surface area contributed by atoms with Crippen LogP contribution in [0.1, 0.15) is 24.0 Å². The molecule has 1 aliphatic rings. The zero-order valence-corrected chi connectivity index (χ0v) is 14.5. The van der Waals surface area contributed by atoms with Gasteiger partial charge in [-0.15, -0.1) is 11.6 Å². The molecule has 0 unspecified atom stereocenters. The molecule has 0 saturated carbocycles. The van der Waals surface area contributed by atoms with Crippen LogP contribution in [0.25, 0.3) is 11.1 Å². The number of rotatable bonds is 5. The van der Waals surface area contributed by atoms with Crippen molar-refractivity contribution < 1.29 is 14.3 Å². The molecule has 3 rings (SSSR count). The highest BCUT2D eigenvalue weighted by molar-refractivity contribution is 6.18. The molecule has 2 N–H and O–H groups in total. The van der Waals surface area contributed by atoms with Crippen LogP contribution < -0.4 is 10.6 Å². The van der Waals surface area contributed by atoms with E-state index >= 15 is 0 Å². The molecule has 130 valence electrons. The third-order valence-electron chi connectivity index (χ3n) is 4.31. The van der Waals surface area contributed by atoms with Crippen LogP contribution in [-0.4, -0.2) is 30.7 Å². The van der Waals surface area contributed by atoms with Crippen molar-refractivity contribution in [2.75, 3.05) is 12.6 Å². The first-order chi connectivity index (χ1) is 12.1. The van der Waals surface area contributed by atoms with Crippen molar-refractivity contribution in [1.82, 2.24) is 10.6 Å². The lowest BCUT2D eigenvalue weighted by Gasteiger charge is -2.16. The van der Waals surface area contributed by atoms with Gasteiger partial charge in [-0.25, -0.2) is 4.79 Å². The van der Waals surface area contributed by atoms with Gasteiger partial charge in [-0.3, -0.25) is 4.79 Å². The molecule has 0 heterocycles. The number of amides is 2. The Morgan fingerprint density at radius 1 is 1.08 bits per heavy atom. The highest BCUT2D eigenvalue weighted by Gasteiger charge is 2.29. The average Bonchev–Trinajstić information content (AvgIpc) is 2.94. The van der Waals surface area contributed by atoms with E-state index in [1.54, 1.807) is 6.92 Å². The highest BCUT2D eigenvalue weighted by Crippen LogP contribution is 2.44. The fraction of sp³-hybridized carbons (Fsp3) is 0.263. The number of halogens is 1. The number of carbonyl (C=O) groups is 2. The third-order valence-corrected chi connectivity index (χ3v) is 4.45. The van der Waals surface area contributed by atoms with Gasteiger partial charge in [0.15, 0.2) is 0 Å². The Hall–Kier alpha value is -2.53. The quantitative estimate of drug-likeness (QED) is 0.637. The number of hydrogen-bond donors (Lipinski definition) is 2. The molecule has 2 aromatic carbocycles. The Morgan fingerprint density at radius 3 is 2.20 bits per heavy atom. The van der Waals surface area contributed by atoms with Gasteiger partial charge in [0.25, 0.3) is 0 Å².